The average Bonchev–Trinajstić information content (AvgIpc) is 2.76. The Bertz CT molecular complexity index is 605. The van der Waals surface area contributed by atoms with Gasteiger partial charge in [0.25, 0.3) is 0 Å². The minimum atomic E-state index is -0.204. The van der Waals surface area contributed by atoms with E-state index in [1.165, 1.54) is 0 Å². The zero-order valence-electron chi connectivity index (χ0n) is 11.3. The summed E-state index contributed by atoms with van der Waals surface area (Å²) >= 11 is 8.01. The normalized spacial score (nSPS) is 12.3. The van der Waals surface area contributed by atoms with E-state index in [9.17, 15) is 4.39 Å². The molecule has 0 bridgehead atoms. The van der Waals surface area contributed by atoms with Gasteiger partial charge in [-0.15, -0.1) is 11.6 Å². The lowest BCUT2D eigenvalue weighted by molar-refractivity contribution is 0.296. The van der Waals surface area contributed by atoms with E-state index < -0.39 is 0 Å². The molecule has 0 radical (unpaired) electrons. The summed E-state index contributed by atoms with van der Waals surface area (Å²) in [5, 5.41) is 0. The van der Waals surface area contributed by atoms with Crippen molar-refractivity contribution in [1.82, 2.24) is 9.55 Å². The van der Waals surface area contributed by atoms with Gasteiger partial charge in [0.05, 0.1) is 20.5 Å². The maximum atomic E-state index is 13.9. The van der Waals surface area contributed by atoms with Crippen LogP contribution in [-0.2, 0) is 11.4 Å². The minimum Gasteiger partial charge on any atom is -0.321 e. The smallest absolute Gasteiger partial charge is 0.138 e. The zero-order valence-corrected chi connectivity index (χ0v) is 14.2. The highest BCUT2D eigenvalue weighted by Crippen LogP contribution is 2.32. The standard InChI is InChI=1S/C14H17ClFIN2/c1-4-14(3,5-2)19-12-6-9(16)10(17)7-11(12)18-13(19)8-15/h6-7H,4-5,8H2,1-3H3. The van der Waals surface area contributed by atoms with Gasteiger partial charge in [0.2, 0.25) is 0 Å². The molecule has 0 atom stereocenters. The van der Waals surface area contributed by atoms with Crippen LogP contribution in [0.2, 0.25) is 0 Å². The molecule has 19 heavy (non-hydrogen) atoms. The van der Waals surface area contributed by atoms with Crippen molar-refractivity contribution < 1.29 is 4.39 Å². The fraction of sp³-hybridized carbons (Fsp3) is 0.500. The highest BCUT2D eigenvalue weighted by atomic mass is 127. The molecule has 1 aromatic heterocycles. The number of halogens is 3. The molecule has 0 aliphatic carbocycles. The van der Waals surface area contributed by atoms with Crippen molar-refractivity contribution in [2.24, 2.45) is 0 Å². The topological polar surface area (TPSA) is 17.8 Å². The van der Waals surface area contributed by atoms with Crippen molar-refractivity contribution in [1.29, 1.82) is 0 Å². The Labute approximate surface area is 131 Å². The second-order valence-electron chi connectivity index (χ2n) is 4.96. The molecule has 0 aliphatic heterocycles. The lowest BCUT2D eigenvalue weighted by Gasteiger charge is -2.31. The Morgan fingerprint density at radius 1 is 1.37 bits per heavy atom. The lowest BCUT2D eigenvalue weighted by atomic mass is 9.94. The summed E-state index contributed by atoms with van der Waals surface area (Å²) in [5.41, 5.74) is 1.56. The van der Waals surface area contributed by atoms with Crippen LogP contribution in [0, 0.1) is 9.39 Å². The molecular formula is C14H17ClFIN2. The van der Waals surface area contributed by atoms with Gasteiger partial charge >= 0.3 is 0 Å². The molecule has 1 heterocycles. The predicted octanol–water partition coefficient (Wildman–Crippen LogP) is 5.05. The summed E-state index contributed by atoms with van der Waals surface area (Å²) in [5.74, 6) is 0.942. The first-order valence-corrected chi connectivity index (χ1v) is 8.01. The van der Waals surface area contributed by atoms with Gasteiger partial charge in [0.15, 0.2) is 0 Å². The van der Waals surface area contributed by atoms with Crippen molar-refractivity contribution in [3.05, 3.63) is 27.3 Å². The number of fused-ring (bicyclic) bond motifs is 1. The maximum Gasteiger partial charge on any atom is 0.138 e. The zero-order chi connectivity index (χ0) is 14.2. The third-order valence-corrected chi connectivity index (χ3v) is 5.01. The Hall–Kier alpha value is -0.360. The summed E-state index contributed by atoms with van der Waals surface area (Å²) in [4.78, 5) is 4.55. The fourth-order valence-corrected chi connectivity index (χ4v) is 3.01. The molecule has 0 saturated carbocycles. The first kappa shape index (κ1) is 15.0. The average molecular weight is 395 g/mol. The Morgan fingerprint density at radius 3 is 2.53 bits per heavy atom. The summed E-state index contributed by atoms with van der Waals surface area (Å²) in [6.45, 7) is 6.44. The van der Waals surface area contributed by atoms with Gasteiger partial charge in [-0.3, -0.25) is 0 Å². The second-order valence-corrected chi connectivity index (χ2v) is 6.39. The number of aromatic nitrogens is 2. The number of hydrogen-bond donors (Lipinski definition) is 0. The van der Waals surface area contributed by atoms with Crippen LogP contribution in [0.4, 0.5) is 4.39 Å². The SMILES string of the molecule is CCC(C)(CC)n1c(CCl)nc2cc(I)c(F)cc21. The van der Waals surface area contributed by atoms with Crippen molar-refractivity contribution in [3.8, 4) is 0 Å². The Balaban J connectivity index is 2.80. The van der Waals surface area contributed by atoms with Gasteiger partial charge in [0.1, 0.15) is 11.6 Å². The summed E-state index contributed by atoms with van der Waals surface area (Å²) < 4.78 is 16.6. The van der Waals surface area contributed by atoms with Gasteiger partial charge in [-0.25, -0.2) is 9.37 Å². The Kier molecular flexibility index (Phi) is 4.40. The van der Waals surface area contributed by atoms with Crippen molar-refractivity contribution in [2.75, 3.05) is 0 Å². The summed E-state index contributed by atoms with van der Waals surface area (Å²) in [7, 11) is 0. The van der Waals surface area contributed by atoms with Crippen LogP contribution in [0.5, 0.6) is 0 Å². The predicted molar refractivity (Wildman–Crippen MR) is 86.2 cm³/mol. The van der Waals surface area contributed by atoms with Gasteiger partial charge in [-0.05, 0) is 48.4 Å². The number of nitrogens with zero attached hydrogens (tertiary/aromatic N) is 2. The molecule has 0 unspecified atom stereocenters. The number of imidazole rings is 1. The molecule has 0 saturated heterocycles. The van der Waals surface area contributed by atoms with E-state index in [4.69, 9.17) is 11.6 Å². The van der Waals surface area contributed by atoms with E-state index >= 15 is 0 Å². The minimum absolute atomic E-state index is 0.0851. The lowest BCUT2D eigenvalue weighted by Crippen LogP contribution is -2.29. The number of alkyl halides is 1. The van der Waals surface area contributed by atoms with Crippen LogP contribution in [0.15, 0.2) is 12.1 Å². The second kappa shape index (κ2) is 5.56. The third-order valence-electron chi connectivity index (χ3n) is 3.95. The molecule has 1 aromatic carbocycles. The summed E-state index contributed by atoms with van der Waals surface area (Å²) in [6, 6.07) is 3.35. The fourth-order valence-electron chi connectivity index (χ4n) is 2.38. The van der Waals surface area contributed by atoms with Gasteiger partial charge in [-0.2, -0.15) is 0 Å². The number of rotatable bonds is 4. The molecule has 0 aliphatic rings. The van der Waals surface area contributed by atoms with Crippen LogP contribution in [-0.4, -0.2) is 9.55 Å². The van der Waals surface area contributed by atoms with E-state index in [0.29, 0.717) is 9.45 Å². The highest BCUT2D eigenvalue weighted by Gasteiger charge is 2.27. The van der Waals surface area contributed by atoms with Crippen LogP contribution in [0.1, 0.15) is 39.4 Å². The number of hydrogen-bond acceptors (Lipinski definition) is 1. The molecule has 0 fully saturated rings. The molecule has 104 valence electrons. The van der Waals surface area contributed by atoms with E-state index in [-0.39, 0.29) is 11.4 Å². The highest BCUT2D eigenvalue weighted by molar-refractivity contribution is 14.1. The van der Waals surface area contributed by atoms with Gasteiger partial charge < -0.3 is 4.57 Å². The van der Waals surface area contributed by atoms with Crippen molar-refractivity contribution >= 4 is 45.2 Å². The molecular weight excluding hydrogens is 378 g/mol. The van der Waals surface area contributed by atoms with Gasteiger partial charge in [0, 0.05) is 11.6 Å². The monoisotopic (exact) mass is 394 g/mol. The molecule has 2 nitrogen and oxygen atoms in total. The number of benzene rings is 1. The first-order valence-electron chi connectivity index (χ1n) is 6.39. The van der Waals surface area contributed by atoms with Crippen LogP contribution in [0.3, 0.4) is 0 Å². The molecule has 0 amide bonds. The van der Waals surface area contributed by atoms with E-state index in [0.717, 1.165) is 29.7 Å². The van der Waals surface area contributed by atoms with Crippen LogP contribution >= 0.6 is 34.2 Å². The quantitative estimate of drug-likeness (QED) is 0.524. The van der Waals surface area contributed by atoms with Crippen molar-refractivity contribution in [2.45, 2.75) is 45.0 Å². The largest absolute Gasteiger partial charge is 0.321 e. The summed E-state index contributed by atoms with van der Waals surface area (Å²) in [6.07, 6.45) is 1.90. The van der Waals surface area contributed by atoms with E-state index in [1.54, 1.807) is 12.1 Å². The maximum absolute atomic E-state index is 13.9. The van der Waals surface area contributed by atoms with Crippen LogP contribution in [0.25, 0.3) is 11.0 Å². The molecule has 2 aromatic rings. The Morgan fingerprint density at radius 2 is 2.00 bits per heavy atom. The molecule has 2 rings (SSSR count). The van der Waals surface area contributed by atoms with E-state index in [1.807, 2.05) is 22.6 Å². The molecule has 5 heteroatoms. The van der Waals surface area contributed by atoms with Gasteiger partial charge in [-0.1, -0.05) is 13.8 Å². The van der Waals surface area contributed by atoms with E-state index in [2.05, 4.69) is 30.3 Å². The van der Waals surface area contributed by atoms with Crippen molar-refractivity contribution in [3.63, 3.8) is 0 Å². The third kappa shape index (κ3) is 2.49. The molecule has 0 spiro atoms. The molecule has 0 N–H and O–H groups in total. The first-order chi connectivity index (χ1) is 8.96. The van der Waals surface area contributed by atoms with Crippen LogP contribution < -0.4 is 0 Å².